The molecule has 0 N–H and O–H groups in total. The summed E-state index contributed by atoms with van der Waals surface area (Å²) in [7, 11) is 3.54. The third kappa shape index (κ3) is 5.64. The van der Waals surface area contributed by atoms with Crippen LogP contribution in [0.1, 0.15) is 40.0 Å². The van der Waals surface area contributed by atoms with E-state index in [1.54, 1.807) is 19.8 Å². The Hall–Kier alpha value is -0.380. The zero-order valence-electron chi connectivity index (χ0n) is 13.4. The third-order valence-electron chi connectivity index (χ3n) is 4.03. The lowest BCUT2D eigenvalue weighted by molar-refractivity contribution is 0.0826. The van der Waals surface area contributed by atoms with Crippen molar-refractivity contribution < 1.29 is 9.47 Å². The van der Waals surface area contributed by atoms with Crippen molar-refractivity contribution in [3.8, 4) is 0 Å². The molecule has 0 aliphatic heterocycles. The molecule has 0 aromatic carbocycles. The van der Waals surface area contributed by atoms with Gasteiger partial charge in [-0.3, -0.25) is 4.90 Å². The molecule has 0 heterocycles. The van der Waals surface area contributed by atoms with Crippen molar-refractivity contribution in [3.63, 3.8) is 0 Å². The van der Waals surface area contributed by atoms with Gasteiger partial charge in [-0.25, -0.2) is 0 Å². The van der Waals surface area contributed by atoms with E-state index in [4.69, 9.17) is 9.47 Å². The molecule has 0 amide bonds. The van der Waals surface area contributed by atoms with Crippen molar-refractivity contribution in [3.05, 3.63) is 11.6 Å². The average molecular weight is 269 g/mol. The maximum atomic E-state index is 5.22. The standard InChI is InChI=1S/C16H31NO2/c1-16(2,3)14-6-8-15(9-7-14)17(10-12-18-4)11-13-19-5/h6,15H,7-13H2,1-5H3. The van der Waals surface area contributed by atoms with Gasteiger partial charge in [0.15, 0.2) is 0 Å². The van der Waals surface area contributed by atoms with E-state index in [2.05, 4.69) is 31.7 Å². The predicted octanol–water partition coefficient (Wildman–Crippen LogP) is 3.11. The Kier molecular flexibility index (Phi) is 7.05. The van der Waals surface area contributed by atoms with Gasteiger partial charge in [0.2, 0.25) is 0 Å². The first-order chi connectivity index (χ1) is 8.99. The summed E-state index contributed by atoms with van der Waals surface area (Å²) >= 11 is 0. The summed E-state index contributed by atoms with van der Waals surface area (Å²) in [6, 6.07) is 0.649. The Bertz CT molecular complexity index is 273. The van der Waals surface area contributed by atoms with Crippen LogP contribution in [0, 0.1) is 5.41 Å². The normalized spacial score (nSPS) is 20.7. The van der Waals surface area contributed by atoms with Crippen LogP contribution >= 0.6 is 0 Å². The molecule has 112 valence electrons. The lowest BCUT2D eigenvalue weighted by Gasteiger charge is -2.36. The predicted molar refractivity (Wildman–Crippen MR) is 80.5 cm³/mol. The van der Waals surface area contributed by atoms with Gasteiger partial charge in [0, 0.05) is 33.4 Å². The second-order valence-corrected chi connectivity index (χ2v) is 6.43. The zero-order chi connectivity index (χ0) is 14.3. The Morgan fingerprint density at radius 2 is 1.74 bits per heavy atom. The summed E-state index contributed by atoms with van der Waals surface area (Å²) < 4.78 is 10.4. The number of nitrogens with zero attached hydrogens (tertiary/aromatic N) is 1. The third-order valence-corrected chi connectivity index (χ3v) is 4.03. The fraction of sp³-hybridized carbons (Fsp3) is 0.875. The van der Waals surface area contributed by atoms with Gasteiger partial charge in [0.1, 0.15) is 0 Å². The van der Waals surface area contributed by atoms with Gasteiger partial charge in [-0.1, -0.05) is 32.4 Å². The van der Waals surface area contributed by atoms with E-state index in [9.17, 15) is 0 Å². The van der Waals surface area contributed by atoms with Gasteiger partial charge in [-0.05, 0) is 24.7 Å². The van der Waals surface area contributed by atoms with Crippen LogP contribution in [0.2, 0.25) is 0 Å². The van der Waals surface area contributed by atoms with E-state index in [0.29, 0.717) is 11.5 Å². The number of allylic oxidation sites excluding steroid dienone is 1. The number of hydrogen-bond donors (Lipinski definition) is 0. The molecule has 0 spiro atoms. The van der Waals surface area contributed by atoms with Crippen molar-refractivity contribution in [2.75, 3.05) is 40.5 Å². The number of ether oxygens (including phenoxy) is 2. The van der Waals surface area contributed by atoms with Crippen LogP contribution in [0.4, 0.5) is 0 Å². The fourth-order valence-corrected chi connectivity index (χ4v) is 2.73. The first kappa shape index (κ1) is 16.7. The van der Waals surface area contributed by atoms with Gasteiger partial charge in [-0.15, -0.1) is 0 Å². The van der Waals surface area contributed by atoms with E-state index >= 15 is 0 Å². The summed E-state index contributed by atoms with van der Waals surface area (Å²) in [5.74, 6) is 0. The SMILES string of the molecule is COCCN(CCOC)C1CC=C(C(C)(C)C)CC1. The van der Waals surface area contributed by atoms with Crippen molar-refractivity contribution in [2.24, 2.45) is 5.41 Å². The molecule has 1 aliphatic rings. The van der Waals surface area contributed by atoms with Crippen molar-refractivity contribution in [1.29, 1.82) is 0 Å². The Balaban J connectivity index is 2.55. The fourth-order valence-electron chi connectivity index (χ4n) is 2.73. The molecular formula is C16H31NO2. The smallest absolute Gasteiger partial charge is 0.0589 e. The lowest BCUT2D eigenvalue weighted by atomic mass is 9.79. The minimum Gasteiger partial charge on any atom is -0.383 e. The molecule has 0 radical (unpaired) electrons. The lowest BCUT2D eigenvalue weighted by Crippen LogP contribution is -2.41. The Labute approximate surface area is 119 Å². The second-order valence-electron chi connectivity index (χ2n) is 6.43. The summed E-state index contributed by atoms with van der Waals surface area (Å²) in [6.45, 7) is 10.5. The van der Waals surface area contributed by atoms with Crippen LogP contribution in [0.3, 0.4) is 0 Å². The van der Waals surface area contributed by atoms with Crippen LogP contribution in [0.15, 0.2) is 11.6 Å². The summed E-state index contributed by atoms with van der Waals surface area (Å²) in [6.07, 6.45) is 6.11. The molecule has 1 atom stereocenters. The quantitative estimate of drug-likeness (QED) is 0.663. The van der Waals surface area contributed by atoms with Crippen molar-refractivity contribution >= 4 is 0 Å². The van der Waals surface area contributed by atoms with Crippen molar-refractivity contribution in [2.45, 2.75) is 46.1 Å². The molecule has 3 heteroatoms. The molecule has 0 aromatic heterocycles. The molecule has 0 bridgehead atoms. The maximum Gasteiger partial charge on any atom is 0.0589 e. The van der Waals surface area contributed by atoms with Crippen molar-refractivity contribution in [1.82, 2.24) is 4.90 Å². The first-order valence-corrected chi connectivity index (χ1v) is 7.40. The Morgan fingerprint density at radius 3 is 2.11 bits per heavy atom. The minimum absolute atomic E-state index is 0.328. The van der Waals surface area contributed by atoms with E-state index in [-0.39, 0.29) is 0 Å². The number of hydrogen-bond acceptors (Lipinski definition) is 3. The summed E-state index contributed by atoms with van der Waals surface area (Å²) in [5.41, 5.74) is 1.94. The molecule has 1 unspecified atom stereocenters. The molecule has 0 saturated carbocycles. The molecule has 0 aromatic rings. The largest absolute Gasteiger partial charge is 0.383 e. The second kappa shape index (κ2) is 8.03. The van der Waals surface area contributed by atoms with Gasteiger partial charge < -0.3 is 9.47 Å². The summed E-state index contributed by atoms with van der Waals surface area (Å²) in [4.78, 5) is 2.52. The van der Waals surface area contributed by atoms with Gasteiger partial charge >= 0.3 is 0 Å². The van der Waals surface area contributed by atoms with E-state index in [0.717, 1.165) is 26.3 Å². The van der Waals surface area contributed by atoms with Crippen LogP contribution in [0.25, 0.3) is 0 Å². The molecule has 1 rings (SSSR count). The van der Waals surface area contributed by atoms with E-state index in [1.807, 2.05) is 0 Å². The average Bonchev–Trinajstić information content (AvgIpc) is 2.38. The molecule has 3 nitrogen and oxygen atoms in total. The molecule has 0 fully saturated rings. The number of rotatable bonds is 7. The maximum absolute atomic E-state index is 5.22. The highest BCUT2D eigenvalue weighted by molar-refractivity contribution is 5.15. The van der Waals surface area contributed by atoms with Crippen LogP contribution in [-0.4, -0.2) is 51.5 Å². The van der Waals surface area contributed by atoms with E-state index < -0.39 is 0 Å². The highest BCUT2D eigenvalue weighted by Gasteiger charge is 2.25. The van der Waals surface area contributed by atoms with Gasteiger partial charge in [-0.2, -0.15) is 0 Å². The van der Waals surface area contributed by atoms with Gasteiger partial charge in [0.25, 0.3) is 0 Å². The molecule has 0 saturated heterocycles. The first-order valence-electron chi connectivity index (χ1n) is 7.40. The Morgan fingerprint density at radius 1 is 1.16 bits per heavy atom. The van der Waals surface area contributed by atoms with Crippen LogP contribution < -0.4 is 0 Å². The van der Waals surface area contributed by atoms with E-state index in [1.165, 1.54) is 19.3 Å². The zero-order valence-corrected chi connectivity index (χ0v) is 13.4. The minimum atomic E-state index is 0.328. The van der Waals surface area contributed by atoms with Gasteiger partial charge in [0.05, 0.1) is 13.2 Å². The van der Waals surface area contributed by atoms with Crippen LogP contribution in [-0.2, 0) is 9.47 Å². The van der Waals surface area contributed by atoms with Crippen LogP contribution in [0.5, 0.6) is 0 Å². The molecule has 1 aliphatic carbocycles. The monoisotopic (exact) mass is 269 g/mol. The molecular weight excluding hydrogens is 238 g/mol. The highest BCUT2D eigenvalue weighted by Crippen LogP contribution is 2.34. The number of methoxy groups -OCH3 is 2. The molecule has 19 heavy (non-hydrogen) atoms. The highest BCUT2D eigenvalue weighted by atomic mass is 16.5. The summed E-state index contributed by atoms with van der Waals surface area (Å²) in [5, 5.41) is 0. The topological polar surface area (TPSA) is 21.7 Å².